The van der Waals surface area contributed by atoms with Crippen molar-refractivity contribution in [2.24, 2.45) is 0 Å². The Morgan fingerprint density at radius 2 is 2.54 bits per heavy atom. The minimum absolute atomic E-state index is 0.142. The summed E-state index contributed by atoms with van der Waals surface area (Å²) in [7, 11) is 1.72. The molecule has 1 aromatic heterocycles. The van der Waals surface area contributed by atoms with Crippen LogP contribution in [0.2, 0.25) is 5.28 Å². The fourth-order valence-electron chi connectivity index (χ4n) is 1.11. The highest BCUT2D eigenvalue weighted by Crippen LogP contribution is 2.29. The molecule has 13 heavy (non-hydrogen) atoms. The van der Waals surface area contributed by atoms with E-state index in [2.05, 4.69) is 9.97 Å². The van der Waals surface area contributed by atoms with Gasteiger partial charge < -0.3 is 14.7 Å². The topological polar surface area (TPSA) is 58.5 Å². The number of fused-ring (bicyclic) bond motifs is 1. The number of aliphatic hydroxyl groups is 1. The Balaban J connectivity index is 2.45. The van der Waals surface area contributed by atoms with E-state index in [-0.39, 0.29) is 11.9 Å². The van der Waals surface area contributed by atoms with Crippen LogP contribution in [0.15, 0.2) is 6.20 Å². The maximum atomic E-state index is 9.41. The lowest BCUT2D eigenvalue weighted by Crippen LogP contribution is -2.40. The average Bonchev–Trinajstić information content (AvgIpc) is 2.12. The van der Waals surface area contributed by atoms with Gasteiger partial charge in [0, 0.05) is 7.05 Å². The molecule has 0 fully saturated rings. The molecule has 2 rings (SSSR count). The van der Waals surface area contributed by atoms with Crippen LogP contribution in [0.3, 0.4) is 0 Å². The molecule has 0 radical (unpaired) electrons. The first kappa shape index (κ1) is 8.52. The lowest BCUT2D eigenvalue weighted by atomic mass is 10.4. The van der Waals surface area contributed by atoms with Crippen molar-refractivity contribution in [3.8, 4) is 5.75 Å². The van der Waals surface area contributed by atoms with E-state index in [1.165, 1.54) is 6.20 Å². The van der Waals surface area contributed by atoms with Crippen LogP contribution in [0.5, 0.6) is 5.75 Å². The Morgan fingerprint density at radius 1 is 1.77 bits per heavy atom. The number of anilines is 1. The summed E-state index contributed by atoms with van der Waals surface area (Å²) in [6.45, 7) is 0.217. The zero-order valence-corrected chi connectivity index (χ0v) is 7.69. The number of nitrogens with zero attached hydrogens (tertiary/aromatic N) is 3. The fourth-order valence-corrected chi connectivity index (χ4v) is 1.24. The van der Waals surface area contributed by atoms with E-state index >= 15 is 0 Å². The zero-order chi connectivity index (χ0) is 9.42. The largest absolute Gasteiger partial charge is 0.483 e. The van der Waals surface area contributed by atoms with E-state index < -0.39 is 6.23 Å². The average molecular weight is 202 g/mol. The first-order chi connectivity index (χ1) is 6.18. The fraction of sp³-hybridized carbons (Fsp3) is 0.429. The van der Waals surface area contributed by atoms with Gasteiger partial charge in [-0.15, -0.1) is 0 Å². The molecule has 1 atom stereocenters. The maximum Gasteiger partial charge on any atom is 0.224 e. The molecule has 0 bridgehead atoms. The van der Waals surface area contributed by atoms with Crippen molar-refractivity contribution in [2.75, 3.05) is 18.6 Å². The number of likely N-dealkylation sites (N-methyl/N-ethyl adjacent to an activating group) is 1. The van der Waals surface area contributed by atoms with E-state index in [0.29, 0.717) is 11.6 Å². The molecule has 1 aromatic rings. The van der Waals surface area contributed by atoms with Crippen molar-refractivity contribution < 1.29 is 9.84 Å². The Bertz CT molecular complexity index is 334. The number of hydrogen-bond acceptors (Lipinski definition) is 5. The van der Waals surface area contributed by atoms with Crippen molar-refractivity contribution in [1.29, 1.82) is 0 Å². The smallest absolute Gasteiger partial charge is 0.224 e. The molecule has 1 aliphatic heterocycles. The monoisotopic (exact) mass is 201 g/mol. The molecule has 0 aromatic carbocycles. The predicted octanol–water partition coefficient (Wildman–Crippen LogP) is 0.277. The van der Waals surface area contributed by atoms with Crippen molar-refractivity contribution >= 4 is 17.4 Å². The van der Waals surface area contributed by atoms with Gasteiger partial charge >= 0.3 is 0 Å². The molecule has 1 unspecified atom stereocenters. The van der Waals surface area contributed by atoms with E-state index in [1.807, 2.05) is 0 Å². The second kappa shape index (κ2) is 3.01. The molecule has 0 saturated heterocycles. The van der Waals surface area contributed by atoms with Crippen LogP contribution in [0.4, 0.5) is 5.82 Å². The van der Waals surface area contributed by atoms with Gasteiger partial charge in [-0.05, 0) is 11.6 Å². The lowest BCUT2D eigenvalue weighted by molar-refractivity contribution is 0.0939. The van der Waals surface area contributed by atoms with Gasteiger partial charge in [-0.25, -0.2) is 4.98 Å². The van der Waals surface area contributed by atoms with Crippen LogP contribution in [0, 0.1) is 0 Å². The predicted molar refractivity (Wildman–Crippen MR) is 46.9 cm³/mol. The number of rotatable bonds is 0. The van der Waals surface area contributed by atoms with E-state index in [4.69, 9.17) is 16.3 Å². The molecule has 1 N–H and O–H groups in total. The summed E-state index contributed by atoms with van der Waals surface area (Å²) in [6.07, 6.45) is 0.811. The zero-order valence-electron chi connectivity index (χ0n) is 6.94. The molecule has 1 aliphatic rings. The number of halogens is 1. The first-order valence-electron chi connectivity index (χ1n) is 3.74. The number of hydrogen-bond donors (Lipinski definition) is 1. The quantitative estimate of drug-likeness (QED) is 0.611. The van der Waals surface area contributed by atoms with Crippen molar-refractivity contribution in [2.45, 2.75) is 6.23 Å². The van der Waals surface area contributed by atoms with Gasteiger partial charge in [0.05, 0.1) is 6.20 Å². The highest BCUT2D eigenvalue weighted by atomic mass is 35.5. The SMILES string of the molecule is CN1c2nc(Cl)ncc2OCC1O. The van der Waals surface area contributed by atoms with Crippen LogP contribution >= 0.6 is 11.6 Å². The van der Waals surface area contributed by atoms with Gasteiger partial charge in [-0.3, -0.25) is 0 Å². The van der Waals surface area contributed by atoms with E-state index in [9.17, 15) is 5.11 Å². The normalized spacial score (nSPS) is 20.8. The lowest BCUT2D eigenvalue weighted by Gasteiger charge is -2.30. The summed E-state index contributed by atoms with van der Waals surface area (Å²) in [5.41, 5.74) is 0. The second-order valence-corrected chi connectivity index (χ2v) is 3.07. The van der Waals surface area contributed by atoms with Gasteiger partial charge in [-0.2, -0.15) is 4.98 Å². The van der Waals surface area contributed by atoms with Crippen LogP contribution in [0.1, 0.15) is 0 Å². The van der Waals surface area contributed by atoms with E-state index in [0.717, 1.165) is 0 Å². The first-order valence-corrected chi connectivity index (χ1v) is 4.12. The third-order valence-corrected chi connectivity index (χ3v) is 2.06. The summed E-state index contributed by atoms with van der Waals surface area (Å²) in [5.74, 6) is 1.05. The molecule has 0 saturated carbocycles. The summed E-state index contributed by atoms with van der Waals surface area (Å²) < 4.78 is 5.19. The van der Waals surface area contributed by atoms with Crippen molar-refractivity contribution in [3.63, 3.8) is 0 Å². The summed E-state index contributed by atoms with van der Waals surface area (Å²) in [6, 6.07) is 0. The van der Waals surface area contributed by atoms with Crippen LogP contribution in [-0.4, -0.2) is 35.0 Å². The highest BCUT2D eigenvalue weighted by Gasteiger charge is 2.24. The van der Waals surface area contributed by atoms with Crippen LogP contribution < -0.4 is 9.64 Å². The van der Waals surface area contributed by atoms with Gasteiger partial charge in [0.15, 0.2) is 17.8 Å². The Labute approximate surface area is 79.9 Å². The van der Waals surface area contributed by atoms with Crippen molar-refractivity contribution in [3.05, 3.63) is 11.5 Å². The van der Waals surface area contributed by atoms with Crippen LogP contribution in [-0.2, 0) is 0 Å². The molecular weight excluding hydrogens is 194 g/mol. The third-order valence-electron chi connectivity index (χ3n) is 1.88. The van der Waals surface area contributed by atoms with Gasteiger partial charge in [0.1, 0.15) is 6.61 Å². The minimum Gasteiger partial charge on any atom is -0.483 e. The molecule has 6 heteroatoms. The van der Waals surface area contributed by atoms with E-state index in [1.54, 1.807) is 11.9 Å². The third kappa shape index (κ3) is 1.40. The molecular formula is C7H8ClN3O2. The molecule has 0 spiro atoms. The number of aromatic nitrogens is 2. The molecule has 70 valence electrons. The summed E-state index contributed by atoms with van der Waals surface area (Å²) >= 11 is 5.60. The Hall–Kier alpha value is -1.07. The molecule has 2 heterocycles. The minimum atomic E-state index is -0.682. The second-order valence-electron chi connectivity index (χ2n) is 2.73. The standard InChI is InChI=1S/C7H8ClN3O2/c1-11-5(12)3-13-4-2-9-7(8)10-6(4)11/h2,5,12H,3H2,1H3. The number of ether oxygens (including phenoxy) is 1. The van der Waals surface area contributed by atoms with Crippen LogP contribution in [0.25, 0.3) is 0 Å². The molecule has 0 aliphatic carbocycles. The summed E-state index contributed by atoms with van der Waals surface area (Å²) in [5, 5.41) is 9.55. The van der Waals surface area contributed by atoms with Gasteiger partial charge in [-0.1, -0.05) is 0 Å². The Kier molecular flexibility index (Phi) is 1.97. The number of aliphatic hydroxyl groups excluding tert-OH is 1. The Morgan fingerprint density at radius 3 is 3.31 bits per heavy atom. The highest BCUT2D eigenvalue weighted by molar-refractivity contribution is 6.28. The molecule has 5 nitrogen and oxygen atoms in total. The van der Waals surface area contributed by atoms with Gasteiger partial charge in [0.25, 0.3) is 0 Å². The molecule has 0 amide bonds. The van der Waals surface area contributed by atoms with Crippen molar-refractivity contribution in [1.82, 2.24) is 9.97 Å². The van der Waals surface area contributed by atoms with Gasteiger partial charge in [0.2, 0.25) is 5.28 Å². The maximum absolute atomic E-state index is 9.41. The summed E-state index contributed by atoms with van der Waals surface area (Å²) in [4.78, 5) is 9.30.